The van der Waals surface area contributed by atoms with Gasteiger partial charge in [0.05, 0.1) is 0 Å². The van der Waals surface area contributed by atoms with E-state index in [1.807, 2.05) is 6.92 Å². The van der Waals surface area contributed by atoms with Crippen molar-refractivity contribution in [2.45, 2.75) is 57.0 Å². The lowest BCUT2D eigenvalue weighted by atomic mass is 10.3. The lowest BCUT2D eigenvalue weighted by Crippen LogP contribution is -2.39. The summed E-state index contributed by atoms with van der Waals surface area (Å²) in [6, 6.07) is 0. The van der Waals surface area contributed by atoms with E-state index in [-0.39, 0.29) is 11.2 Å². The number of fused-ring (bicyclic) bond motifs is 1. The Labute approximate surface area is 139 Å². The van der Waals surface area contributed by atoms with Crippen LogP contribution in [0.2, 0.25) is 0 Å². The van der Waals surface area contributed by atoms with Gasteiger partial charge in [-0.25, -0.2) is 14.8 Å². The third-order valence-corrected chi connectivity index (χ3v) is 5.18. The van der Waals surface area contributed by atoms with Crippen LogP contribution in [-0.4, -0.2) is 24.9 Å². The number of aromatic nitrogens is 4. The van der Waals surface area contributed by atoms with E-state index in [9.17, 15) is 9.59 Å². The minimum Gasteiger partial charge on any atom is -0.277 e. The molecule has 0 N–H and O–H groups in total. The molecule has 0 bridgehead atoms. The molecule has 2 aromatic rings. The molecule has 0 saturated heterocycles. The second-order valence-corrected chi connectivity index (χ2v) is 7.09. The van der Waals surface area contributed by atoms with Crippen molar-refractivity contribution in [3.63, 3.8) is 0 Å². The molecular formula is C16H22N4O2S. The number of hydrogen-bond acceptors (Lipinski definition) is 5. The molecule has 1 aliphatic rings. The fourth-order valence-corrected chi connectivity index (χ4v) is 3.48. The van der Waals surface area contributed by atoms with Crippen LogP contribution >= 0.6 is 11.8 Å². The van der Waals surface area contributed by atoms with Crippen LogP contribution in [0.5, 0.6) is 0 Å². The van der Waals surface area contributed by atoms with Gasteiger partial charge < -0.3 is 0 Å². The third-order valence-electron chi connectivity index (χ3n) is 4.00. The maximum atomic E-state index is 12.6. The van der Waals surface area contributed by atoms with Gasteiger partial charge in [-0.15, -0.1) is 11.8 Å². The van der Waals surface area contributed by atoms with Gasteiger partial charge in [-0.3, -0.25) is 13.9 Å². The zero-order valence-corrected chi connectivity index (χ0v) is 14.7. The van der Waals surface area contributed by atoms with Gasteiger partial charge in [0, 0.05) is 19.5 Å². The SMILES string of the molecule is CCCSc1nc(C2CC2)nc2c1c(=O)n(C)c(=O)n2CCC. The van der Waals surface area contributed by atoms with Crippen molar-refractivity contribution in [1.82, 2.24) is 19.1 Å². The van der Waals surface area contributed by atoms with E-state index in [2.05, 4.69) is 16.9 Å². The zero-order valence-electron chi connectivity index (χ0n) is 13.8. The van der Waals surface area contributed by atoms with Gasteiger partial charge in [0.15, 0.2) is 5.65 Å². The maximum absolute atomic E-state index is 12.6. The molecule has 1 fully saturated rings. The topological polar surface area (TPSA) is 69.8 Å². The fourth-order valence-electron chi connectivity index (χ4n) is 2.61. The molecule has 23 heavy (non-hydrogen) atoms. The van der Waals surface area contributed by atoms with Gasteiger partial charge in [0.1, 0.15) is 16.2 Å². The van der Waals surface area contributed by atoms with Gasteiger partial charge >= 0.3 is 5.69 Å². The second kappa shape index (κ2) is 6.47. The highest BCUT2D eigenvalue weighted by atomic mass is 32.2. The first-order valence-electron chi connectivity index (χ1n) is 8.22. The van der Waals surface area contributed by atoms with Gasteiger partial charge in [-0.05, 0) is 31.4 Å². The molecule has 0 amide bonds. The average molecular weight is 334 g/mol. The van der Waals surface area contributed by atoms with Gasteiger partial charge in [0.2, 0.25) is 0 Å². The monoisotopic (exact) mass is 334 g/mol. The van der Waals surface area contributed by atoms with Gasteiger partial charge in [-0.1, -0.05) is 13.8 Å². The molecule has 0 atom stereocenters. The molecule has 0 radical (unpaired) electrons. The van der Waals surface area contributed by atoms with E-state index in [4.69, 9.17) is 0 Å². The highest BCUT2D eigenvalue weighted by molar-refractivity contribution is 7.99. The quantitative estimate of drug-likeness (QED) is 0.599. The molecule has 0 unspecified atom stereocenters. The molecule has 7 heteroatoms. The molecular weight excluding hydrogens is 312 g/mol. The van der Waals surface area contributed by atoms with Gasteiger partial charge in [0.25, 0.3) is 5.56 Å². The third kappa shape index (κ3) is 2.94. The highest BCUT2D eigenvalue weighted by Gasteiger charge is 2.29. The summed E-state index contributed by atoms with van der Waals surface area (Å²) < 4.78 is 2.80. The molecule has 6 nitrogen and oxygen atoms in total. The van der Waals surface area contributed by atoms with Crippen molar-refractivity contribution < 1.29 is 0 Å². The molecule has 0 spiro atoms. The van der Waals surface area contributed by atoms with Crippen LogP contribution in [0, 0.1) is 0 Å². The molecule has 2 heterocycles. The van der Waals surface area contributed by atoms with Crippen molar-refractivity contribution in [3.8, 4) is 0 Å². The normalized spacial score (nSPS) is 14.6. The summed E-state index contributed by atoms with van der Waals surface area (Å²) in [5.74, 6) is 2.06. The standard InChI is InChI=1S/C16H22N4O2S/c1-4-8-20-13-11(15(21)19(3)16(20)22)14(23-9-5-2)18-12(17-13)10-6-7-10/h10H,4-9H2,1-3H3. The smallest absolute Gasteiger partial charge is 0.277 e. The van der Waals surface area contributed by atoms with E-state index in [1.54, 1.807) is 16.3 Å². The van der Waals surface area contributed by atoms with Crippen molar-refractivity contribution in [1.29, 1.82) is 0 Å². The number of hydrogen-bond donors (Lipinski definition) is 0. The molecule has 3 rings (SSSR count). The molecule has 1 aliphatic carbocycles. The van der Waals surface area contributed by atoms with Crippen LogP contribution in [0.25, 0.3) is 11.0 Å². The van der Waals surface area contributed by atoms with Crippen molar-refractivity contribution in [2.75, 3.05) is 5.75 Å². The number of aryl methyl sites for hydroxylation is 1. The van der Waals surface area contributed by atoms with Crippen LogP contribution in [0.1, 0.15) is 51.3 Å². The number of nitrogens with zero attached hydrogens (tertiary/aromatic N) is 4. The van der Waals surface area contributed by atoms with Crippen LogP contribution < -0.4 is 11.2 Å². The lowest BCUT2D eigenvalue weighted by molar-refractivity contribution is 0.605. The summed E-state index contributed by atoms with van der Waals surface area (Å²) >= 11 is 1.58. The predicted octanol–water partition coefficient (Wildman–Crippen LogP) is 2.28. The summed E-state index contributed by atoms with van der Waals surface area (Å²) in [4.78, 5) is 34.4. The fraction of sp³-hybridized carbons (Fsp3) is 0.625. The Morgan fingerprint density at radius 1 is 1.17 bits per heavy atom. The summed E-state index contributed by atoms with van der Waals surface area (Å²) in [7, 11) is 1.53. The maximum Gasteiger partial charge on any atom is 0.332 e. The first-order chi connectivity index (χ1) is 11.1. The van der Waals surface area contributed by atoms with Gasteiger partial charge in [-0.2, -0.15) is 0 Å². The van der Waals surface area contributed by atoms with E-state index >= 15 is 0 Å². The number of rotatable bonds is 6. The van der Waals surface area contributed by atoms with Crippen molar-refractivity contribution in [3.05, 3.63) is 26.7 Å². The summed E-state index contributed by atoms with van der Waals surface area (Å²) in [5.41, 5.74) is -0.0787. The Bertz CT molecular complexity index is 852. The Balaban J connectivity index is 2.35. The molecule has 0 aliphatic heterocycles. The minimum absolute atomic E-state index is 0.293. The van der Waals surface area contributed by atoms with Crippen molar-refractivity contribution >= 4 is 22.8 Å². The Kier molecular flexibility index (Phi) is 4.57. The van der Waals surface area contributed by atoms with E-state index in [1.165, 1.54) is 11.6 Å². The predicted molar refractivity (Wildman–Crippen MR) is 92.3 cm³/mol. The Morgan fingerprint density at radius 3 is 2.52 bits per heavy atom. The van der Waals surface area contributed by atoms with E-state index < -0.39 is 0 Å². The van der Waals surface area contributed by atoms with Crippen LogP contribution in [0.3, 0.4) is 0 Å². The summed E-state index contributed by atoms with van der Waals surface area (Å²) in [6.07, 6.45) is 4.00. The number of thioether (sulfide) groups is 1. The largest absolute Gasteiger partial charge is 0.332 e. The first kappa shape index (κ1) is 16.2. The second-order valence-electron chi connectivity index (χ2n) is 6.01. The van der Waals surface area contributed by atoms with Crippen LogP contribution in [0.15, 0.2) is 14.6 Å². The van der Waals surface area contributed by atoms with E-state index in [0.717, 1.165) is 42.3 Å². The Morgan fingerprint density at radius 2 is 1.91 bits per heavy atom. The molecule has 0 aromatic carbocycles. The van der Waals surface area contributed by atoms with Crippen LogP contribution in [-0.2, 0) is 13.6 Å². The first-order valence-corrected chi connectivity index (χ1v) is 9.21. The molecule has 124 valence electrons. The summed E-state index contributed by atoms with van der Waals surface area (Å²) in [5, 5.41) is 1.22. The summed E-state index contributed by atoms with van der Waals surface area (Å²) in [6.45, 7) is 4.67. The van der Waals surface area contributed by atoms with Crippen molar-refractivity contribution in [2.24, 2.45) is 7.05 Å². The minimum atomic E-state index is -0.295. The van der Waals surface area contributed by atoms with E-state index in [0.29, 0.717) is 23.5 Å². The Hall–Kier alpha value is -1.63. The van der Waals surface area contributed by atoms with Crippen LogP contribution in [0.4, 0.5) is 0 Å². The molecule has 1 saturated carbocycles. The lowest BCUT2D eigenvalue weighted by Gasteiger charge is -2.13. The highest BCUT2D eigenvalue weighted by Crippen LogP contribution is 2.39. The zero-order chi connectivity index (χ0) is 16.6. The average Bonchev–Trinajstić information content (AvgIpc) is 3.39. The molecule has 2 aromatic heterocycles.